The van der Waals surface area contributed by atoms with Gasteiger partial charge in [0, 0.05) is 5.57 Å². The summed E-state index contributed by atoms with van der Waals surface area (Å²) in [6.07, 6.45) is 2.90. The molecule has 0 radical (unpaired) electrons. The molecule has 1 rings (SSSR count). The van der Waals surface area contributed by atoms with Crippen LogP contribution in [0, 0.1) is 5.82 Å². The van der Waals surface area contributed by atoms with E-state index in [0.717, 1.165) is 6.20 Å². The molecule has 0 aliphatic carbocycles. The number of aromatic nitrogens is 1. The van der Waals surface area contributed by atoms with E-state index in [4.69, 9.17) is 5.11 Å². The van der Waals surface area contributed by atoms with Crippen molar-refractivity contribution in [2.75, 3.05) is 0 Å². The fraction of sp³-hybridized carbons (Fsp3) is 0.200. The monoisotopic (exact) mass is 195 g/mol. The fourth-order valence-corrected chi connectivity index (χ4v) is 0.966. The molecule has 0 atom stereocenters. The quantitative estimate of drug-likeness (QED) is 0.751. The lowest BCUT2D eigenvalue weighted by Crippen LogP contribution is -1.99. The molecular formula is C10H10FNO2. The summed E-state index contributed by atoms with van der Waals surface area (Å²) in [7, 11) is 0. The zero-order valence-electron chi connectivity index (χ0n) is 7.70. The number of carboxylic acid groups (broad SMARTS) is 1. The summed E-state index contributed by atoms with van der Waals surface area (Å²) in [6, 6.07) is 2.68. The molecule has 0 amide bonds. The molecule has 3 nitrogen and oxygen atoms in total. The van der Waals surface area contributed by atoms with Crippen molar-refractivity contribution in [1.82, 2.24) is 4.98 Å². The van der Waals surface area contributed by atoms with Crippen LogP contribution in [0.3, 0.4) is 0 Å². The second-order valence-corrected chi connectivity index (χ2v) is 2.73. The van der Waals surface area contributed by atoms with Gasteiger partial charge in [-0.2, -0.15) is 0 Å². The van der Waals surface area contributed by atoms with Crippen LogP contribution >= 0.6 is 0 Å². The summed E-state index contributed by atoms with van der Waals surface area (Å²) in [4.78, 5) is 14.4. The van der Waals surface area contributed by atoms with Crippen molar-refractivity contribution in [3.8, 4) is 0 Å². The summed E-state index contributed by atoms with van der Waals surface area (Å²) >= 11 is 0. The topological polar surface area (TPSA) is 50.2 Å². The van der Waals surface area contributed by atoms with Crippen LogP contribution in [0.25, 0.3) is 6.08 Å². The molecule has 4 heteroatoms. The van der Waals surface area contributed by atoms with Crippen LogP contribution in [0.1, 0.15) is 19.0 Å². The van der Waals surface area contributed by atoms with Gasteiger partial charge in [0.25, 0.3) is 0 Å². The van der Waals surface area contributed by atoms with E-state index >= 15 is 0 Å². The Morgan fingerprint density at radius 3 is 2.79 bits per heavy atom. The number of carbonyl (C=O) groups is 1. The summed E-state index contributed by atoms with van der Waals surface area (Å²) < 4.78 is 12.5. The number of nitrogens with zero attached hydrogens (tertiary/aromatic N) is 1. The number of hydrogen-bond donors (Lipinski definition) is 1. The van der Waals surface area contributed by atoms with Crippen LogP contribution in [-0.2, 0) is 4.79 Å². The number of carboxylic acids is 1. The fourth-order valence-electron chi connectivity index (χ4n) is 0.966. The van der Waals surface area contributed by atoms with Gasteiger partial charge in [-0.25, -0.2) is 9.18 Å². The third-order valence-electron chi connectivity index (χ3n) is 1.73. The van der Waals surface area contributed by atoms with Gasteiger partial charge in [0.1, 0.15) is 5.82 Å². The Hall–Kier alpha value is -1.71. The van der Waals surface area contributed by atoms with Gasteiger partial charge in [0.15, 0.2) is 0 Å². The third kappa shape index (κ3) is 2.65. The molecule has 0 aliphatic rings. The van der Waals surface area contributed by atoms with E-state index < -0.39 is 11.8 Å². The average Bonchev–Trinajstić information content (AvgIpc) is 2.16. The van der Waals surface area contributed by atoms with Gasteiger partial charge in [-0.3, -0.25) is 4.98 Å². The molecule has 1 heterocycles. The van der Waals surface area contributed by atoms with Gasteiger partial charge < -0.3 is 5.11 Å². The number of rotatable bonds is 3. The first-order chi connectivity index (χ1) is 6.63. The highest BCUT2D eigenvalue weighted by atomic mass is 19.1. The molecule has 14 heavy (non-hydrogen) atoms. The molecule has 0 aromatic carbocycles. The smallest absolute Gasteiger partial charge is 0.331 e. The van der Waals surface area contributed by atoms with Crippen LogP contribution in [0.15, 0.2) is 23.9 Å². The van der Waals surface area contributed by atoms with Crippen LogP contribution in [-0.4, -0.2) is 16.1 Å². The van der Waals surface area contributed by atoms with Crippen LogP contribution in [0.4, 0.5) is 4.39 Å². The lowest BCUT2D eigenvalue weighted by atomic mass is 10.1. The standard InChI is InChI=1S/C10H10FNO2/c1-2-7(10(13)14)5-9-4-3-8(11)6-12-9/h3-6H,2H2,1H3,(H,13,14)/b7-5+. The van der Waals surface area contributed by atoms with E-state index in [9.17, 15) is 9.18 Å². The largest absolute Gasteiger partial charge is 0.478 e. The van der Waals surface area contributed by atoms with Crippen LogP contribution in [0.5, 0.6) is 0 Å². The van der Waals surface area contributed by atoms with Gasteiger partial charge in [-0.05, 0) is 24.6 Å². The summed E-state index contributed by atoms with van der Waals surface area (Å²) in [5.74, 6) is -1.41. The van der Waals surface area contributed by atoms with Crippen LogP contribution in [0.2, 0.25) is 0 Å². The number of hydrogen-bond acceptors (Lipinski definition) is 2. The normalized spacial score (nSPS) is 11.4. The molecule has 1 N–H and O–H groups in total. The lowest BCUT2D eigenvalue weighted by Gasteiger charge is -1.97. The first-order valence-electron chi connectivity index (χ1n) is 4.19. The third-order valence-corrected chi connectivity index (χ3v) is 1.73. The van der Waals surface area contributed by atoms with E-state index in [0.29, 0.717) is 12.1 Å². The van der Waals surface area contributed by atoms with Gasteiger partial charge in [0.2, 0.25) is 0 Å². The zero-order valence-corrected chi connectivity index (χ0v) is 7.70. The Labute approximate surface area is 80.9 Å². The number of pyridine rings is 1. The molecule has 74 valence electrons. The first-order valence-corrected chi connectivity index (χ1v) is 4.19. The zero-order chi connectivity index (χ0) is 10.6. The van der Waals surface area contributed by atoms with Crippen molar-refractivity contribution in [3.05, 3.63) is 35.4 Å². The van der Waals surface area contributed by atoms with E-state index in [-0.39, 0.29) is 5.57 Å². The summed E-state index contributed by atoms with van der Waals surface area (Å²) in [5.41, 5.74) is 0.703. The number of halogens is 1. The van der Waals surface area contributed by atoms with Crippen molar-refractivity contribution in [2.45, 2.75) is 13.3 Å². The van der Waals surface area contributed by atoms with Crippen LogP contribution < -0.4 is 0 Å². The van der Waals surface area contributed by atoms with Gasteiger partial charge in [-0.15, -0.1) is 0 Å². The summed E-state index contributed by atoms with van der Waals surface area (Å²) in [6.45, 7) is 1.74. The van der Waals surface area contributed by atoms with Crippen molar-refractivity contribution < 1.29 is 14.3 Å². The van der Waals surface area contributed by atoms with E-state index in [1.807, 2.05) is 0 Å². The second-order valence-electron chi connectivity index (χ2n) is 2.73. The Morgan fingerprint density at radius 2 is 2.36 bits per heavy atom. The van der Waals surface area contributed by atoms with Gasteiger partial charge in [-0.1, -0.05) is 6.92 Å². The Kier molecular flexibility index (Phi) is 3.34. The molecule has 0 unspecified atom stereocenters. The molecule has 1 aromatic heterocycles. The Balaban J connectivity index is 2.95. The molecule has 0 saturated carbocycles. The minimum absolute atomic E-state index is 0.254. The Bertz CT molecular complexity index is 357. The van der Waals surface area contributed by atoms with Crippen molar-refractivity contribution in [3.63, 3.8) is 0 Å². The van der Waals surface area contributed by atoms with E-state index in [2.05, 4.69) is 4.98 Å². The maximum absolute atomic E-state index is 12.5. The highest BCUT2D eigenvalue weighted by molar-refractivity contribution is 5.91. The minimum atomic E-state index is -0.973. The van der Waals surface area contributed by atoms with Gasteiger partial charge >= 0.3 is 5.97 Å². The Morgan fingerprint density at radius 1 is 1.64 bits per heavy atom. The minimum Gasteiger partial charge on any atom is -0.478 e. The molecule has 0 bridgehead atoms. The predicted octanol–water partition coefficient (Wildman–Crippen LogP) is 2.10. The van der Waals surface area contributed by atoms with Crippen molar-refractivity contribution >= 4 is 12.0 Å². The van der Waals surface area contributed by atoms with Gasteiger partial charge in [0.05, 0.1) is 11.9 Å². The lowest BCUT2D eigenvalue weighted by molar-refractivity contribution is -0.132. The first kappa shape index (κ1) is 10.4. The second kappa shape index (κ2) is 4.50. The molecule has 0 fully saturated rings. The SMILES string of the molecule is CC/C(=C\c1ccc(F)cn1)C(=O)O. The average molecular weight is 195 g/mol. The molecule has 0 aliphatic heterocycles. The molecular weight excluding hydrogens is 185 g/mol. The highest BCUT2D eigenvalue weighted by Gasteiger charge is 2.04. The molecule has 0 saturated heterocycles. The predicted molar refractivity (Wildman–Crippen MR) is 50.1 cm³/mol. The van der Waals surface area contributed by atoms with Crippen molar-refractivity contribution in [2.24, 2.45) is 0 Å². The number of aliphatic carboxylic acids is 1. The maximum Gasteiger partial charge on any atom is 0.331 e. The summed E-state index contributed by atoms with van der Waals surface area (Å²) in [5, 5.41) is 8.72. The highest BCUT2D eigenvalue weighted by Crippen LogP contribution is 2.08. The molecule has 1 aromatic rings. The maximum atomic E-state index is 12.5. The van der Waals surface area contributed by atoms with Crippen molar-refractivity contribution in [1.29, 1.82) is 0 Å². The molecule has 0 spiro atoms. The van der Waals surface area contributed by atoms with E-state index in [1.165, 1.54) is 18.2 Å². The van der Waals surface area contributed by atoms with E-state index in [1.54, 1.807) is 6.92 Å².